The lowest BCUT2D eigenvalue weighted by Gasteiger charge is -2.05. The number of rotatable bonds is 5. The largest absolute Gasteiger partial charge is 0.351 e. The number of carbonyl (C=O) groups is 2. The van der Waals surface area contributed by atoms with Crippen LogP contribution in [0.3, 0.4) is 0 Å². The smallest absolute Gasteiger partial charge is 0.240 e. The summed E-state index contributed by atoms with van der Waals surface area (Å²) in [6.45, 7) is 4.18. The Morgan fingerprint density at radius 1 is 1.39 bits per heavy atom. The van der Waals surface area contributed by atoms with Crippen molar-refractivity contribution in [2.45, 2.75) is 6.54 Å². The van der Waals surface area contributed by atoms with E-state index in [1.807, 2.05) is 24.3 Å². The molecule has 4 heteroatoms. The van der Waals surface area contributed by atoms with Crippen LogP contribution in [0.25, 0.3) is 10.9 Å². The van der Waals surface area contributed by atoms with E-state index in [0.717, 1.165) is 17.2 Å². The molecule has 92 valence electrons. The van der Waals surface area contributed by atoms with Crippen molar-refractivity contribution in [1.82, 2.24) is 9.88 Å². The Bertz CT molecular complexity index is 599. The van der Waals surface area contributed by atoms with E-state index >= 15 is 0 Å². The Balaban J connectivity index is 2.30. The molecule has 0 atom stereocenters. The standard InChI is InChI=1S/C14H14N2O2/c1-2-7-15-14(18)9-16-8-11(10-17)12-5-3-4-6-13(12)16/h2-6,8,10H,1,7,9H2,(H,15,18). The molecule has 1 amide bonds. The van der Waals surface area contributed by atoms with Crippen molar-refractivity contribution < 1.29 is 9.59 Å². The molecule has 18 heavy (non-hydrogen) atoms. The van der Waals surface area contributed by atoms with Gasteiger partial charge in [0.1, 0.15) is 6.54 Å². The molecule has 2 rings (SSSR count). The lowest BCUT2D eigenvalue weighted by atomic mass is 10.2. The predicted octanol–water partition coefficient (Wildman–Crippen LogP) is 1.76. The molecule has 0 aliphatic carbocycles. The summed E-state index contributed by atoms with van der Waals surface area (Å²) < 4.78 is 1.78. The van der Waals surface area contributed by atoms with Crippen LogP contribution in [0.5, 0.6) is 0 Å². The summed E-state index contributed by atoms with van der Waals surface area (Å²) >= 11 is 0. The predicted molar refractivity (Wildman–Crippen MR) is 70.5 cm³/mol. The summed E-state index contributed by atoms with van der Waals surface area (Å²) in [5.41, 5.74) is 1.48. The topological polar surface area (TPSA) is 51.1 Å². The van der Waals surface area contributed by atoms with Gasteiger partial charge in [0.25, 0.3) is 0 Å². The molecule has 0 radical (unpaired) electrons. The maximum absolute atomic E-state index is 11.6. The number of amides is 1. The average Bonchev–Trinajstić information content (AvgIpc) is 2.75. The summed E-state index contributed by atoms with van der Waals surface area (Å²) in [7, 11) is 0. The van der Waals surface area contributed by atoms with Gasteiger partial charge in [0, 0.05) is 29.2 Å². The zero-order valence-electron chi connectivity index (χ0n) is 9.93. The minimum absolute atomic E-state index is 0.104. The van der Waals surface area contributed by atoms with Crippen molar-refractivity contribution in [3.63, 3.8) is 0 Å². The van der Waals surface area contributed by atoms with Gasteiger partial charge in [-0.1, -0.05) is 24.3 Å². The second-order valence-electron chi connectivity index (χ2n) is 3.94. The minimum atomic E-state index is -0.104. The number of hydrogen-bond acceptors (Lipinski definition) is 2. The zero-order valence-corrected chi connectivity index (χ0v) is 9.93. The van der Waals surface area contributed by atoms with Crippen LogP contribution in [0.15, 0.2) is 43.1 Å². The first-order chi connectivity index (χ1) is 8.76. The lowest BCUT2D eigenvalue weighted by Crippen LogP contribution is -2.27. The van der Waals surface area contributed by atoms with Gasteiger partial charge in [-0.3, -0.25) is 9.59 Å². The number of nitrogens with zero attached hydrogens (tertiary/aromatic N) is 1. The van der Waals surface area contributed by atoms with Crippen molar-refractivity contribution in [2.75, 3.05) is 6.54 Å². The molecule has 1 aromatic carbocycles. The van der Waals surface area contributed by atoms with Gasteiger partial charge in [0.2, 0.25) is 5.91 Å². The molecular weight excluding hydrogens is 228 g/mol. The number of aromatic nitrogens is 1. The molecule has 0 spiro atoms. The Kier molecular flexibility index (Phi) is 3.57. The van der Waals surface area contributed by atoms with Crippen molar-refractivity contribution in [3.8, 4) is 0 Å². The van der Waals surface area contributed by atoms with Gasteiger partial charge >= 0.3 is 0 Å². The Morgan fingerprint density at radius 2 is 2.17 bits per heavy atom. The van der Waals surface area contributed by atoms with Gasteiger partial charge in [-0.05, 0) is 6.07 Å². The number of carbonyl (C=O) groups excluding carboxylic acids is 2. The van der Waals surface area contributed by atoms with Crippen LogP contribution in [0, 0.1) is 0 Å². The van der Waals surface area contributed by atoms with Crippen molar-refractivity contribution in [3.05, 3.63) is 48.7 Å². The first kappa shape index (κ1) is 12.1. The molecule has 1 heterocycles. The van der Waals surface area contributed by atoms with Gasteiger partial charge in [0.05, 0.1) is 0 Å². The van der Waals surface area contributed by atoms with Crippen molar-refractivity contribution in [2.24, 2.45) is 0 Å². The highest BCUT2D eigenvalue weighted by molar-refractivity contribution is 5.98. The van der Waals surface area contributed by atoms with Crippen LogP contribution in [0.4, 0.5) is 0 Å². The number of fused-ring (bicyclic) bond motifs is 1. The van der Waals surface area contributed by atoms with E-state index in [2.05, 4.69) is 11.9 Å². The maximum atomic E-state index is 11.6. The van der Waals surface area contributed by atoms with Crippen LogP contribution in [0.1, 0.15) is 10.4 Å². The van der Waals surface area contributed by atoms with Gasteiger partial charge in [-0.25, -0.2) is 0 Å². The SMILES string of the molecule is C=CCNC(=O)Cn1cc(C=O)c2ccccc21. The van der Waals surface area contributed by atoms with Crippen molar-refractivity contribution in [1.29, 1.82) is 0 Å². The molecule has 0 saturated carbocycles. The first-order valence-corrected chi connectivity index (χ1v) is 5.67. The van der Waals surface area contributed by atoms with Gasteiger partial charge in [-0.2, -0.15) is 0 Å². The molecule has 0 saturated heterocycles. The van der Waals surface area contributed by atoms with E-state index in [0.29, 0.717) is 12.1 Å². The molecular formula is C14H14N2O2. The van der Waals surface area contributed by atoms with Crippen LogP contribution in [0.2, 0.25) is 0 Å². The lowest BCUT2D eigenvalue weighted by molar-refractivity contribution is -0.121. The summed E-state index contributed by atoms with van der Waals surface area (Å²) in [6.07, 6.45) is 4.13. The summed E-state index contributed by atoms with van der Waals surface area (Å²) in [6, 6.07) is 7.52. The number of benzene rings is 1. The molecule has 1 aromatic heterocycles. The maximum Gasteiger partial charge on any atom is 0.240 e. The second-order valence-corrected chi connectivity index (χ2v) is 3.94. The highest BCUT2D eigenvalue weighted by Crippen LogP contribution is 2.19. The highest BCUT2D eigenvalue weighted by atomic mass is 16.2. The van der Waals surface area contributed by atoms with Crippen LogP contribution in [-0.2, 0) is 11.3 Å². The van der Waals surface area contributed by atoms with Crippen molar-refractivity contribution >= 4 is 23.1 Å². The van der Waals surface area contributed by atoms with Crippen LogP contribution in [-0.4, -0.2) is 23.3 Å². The molecule has 1 N–H and O–H groups in total. The van der Waals surface area contributed by atoms with E-state index in [1.54, 1.807) is 16.8 Å². The number of aldehydes is 1. The monoisotopic (exact) mass is 242 g/mol. The average molecular weight is 242 g/mol. The Hall–Kier alpha value is -2.36. The van der Waals surface area contributed by atoms with Gasteiger partial charge in [0.15, 0.2) is 6.29 Å². The molecule has 0 unspecified atom stereocenters. The van der Waals surface area contributed by atoms with E-state index < -0.39 is 0 Å². The van der Waals surface area contributed by atoms with E-state index in [4.69, 9.17) is 0 Å². The fourth-order valence-electron chi connectivity index (χ4n) is 1.90. The highest BCUT2D eigenvalue weighted by Gasteiger charge is 2.09. The van der Waals surface area contributed by atoms with Crippen LogP contribution < -0.4 is 5.32 Å². The molecule has 2 aromatic rings. The molecule has 0 aliphatic rings. The fourth-order valence-corrected chi connectivity index (χ4v) is 1.90. The zero-order chi connectivity index (χ0) is 13.0. The molecule has 0 bridgehead atoms. The molecule has 4 nitrogen and oxygen atoms in total. The van der Waals surface area contributed by atoms with E-state index in [1.165, 1.54) is 0 Å². The number of nitrogens with one attached hydrogen (secondary N) is 1. The summed E-state index contributed by atoms with van der Waals surface area (Å²) in [4.78, 5) is 22.6. The van der Waals surface area contributed by atoms with Gasteiger partial charge in [-0.15, -0.1) is 6.58 Å². The molecule has 0 aliphatic heterocycles. The van der Waals surface area contributed by atoms with E-state index in [9.17, 15) is 9.59 Å². The third-order valence-electron chi connectivity index (χ3n) is 2.70. The summed E-state index contributed by atoms with van der Waals surface area (Å²) in [5, 5.41) is 3.57. The number of hydrogen-bond donors (Lipinski definition) is 1. The minimum Gasteiger partial charge on any atom is -0.351 e. The fraction of sp³-hybridized carbons (Fsp3) is 0.143. The first-order valence-electron chi connectivity index (χ1n) is 5.67. The van der Waals surface area contributed by atoms with E-state index in [-0.39, 0.29) is 12.5 Å². The number of para-hydroxylation sites is 1. The van der Waals surface area contributed by atoms with Gasteiger partial charge < -0.3 is 9.88 Å². The molecule has 0 fully saturated rings. The Labute approximate surface area is 105 Å². The summed E-state index contributed by atoms with van der Waals surface area (Å²) in [5.74, 6) is -0.104. The Morgan fingerprint density at radius 3 is 2.89 bits per heavy atom. The third kappa shape index (κ3) is 2.32. The van der Waals surface area contributed by atoms with Crippen LogP contribution >= 0.6 is 0 Å². The normalized spacial score (nSPS) is 10.2. The second kappa shape index (κ2) is 5.31. The third-order valence-corrected chi connectivity index (χ3v) is 2.70. The quantitative estimate of drug-likeness (QED) is 0.641.